The Kier molecular flexibility index (Phi) is 6.79. The fourth-order valence-corrected chi connectivity index (χ4v) is 4.63. The summed E-state index contributed by atoms with van der Waals surface area (Å²) in [6.07, 6.45) is 0. The Morgan fingerprint density at radius 3 is 2.10 bits per heavy atom. The summed E-state index contributed by atoms with van der Waals surface area (Å²) in [6.45, 7) is 0.219. The summed E-state index contributed by atoms with van der Waals surface area (Å²) in [7, 11) is -1.62. The van der Waals surface area contributed by atoms with Crippen LogP contribution in [-0.2, 0) is 29.1 Å². The molecule has 20 heavy (non-hydrogen) atoms. The van der Waals surface area contributed by atoms with Gasteiger partial charge >= 0.3 is 8.80 Å². The van der Waals surface area contributed by atoms with E-state index in [0.717, 1.165) is 5.56 Å². The molecule has 0 aliphatic heterocycles. The van der Waals surface area contributed by atoms with E-state index in [-0.39, 0.29) is 12.3 Å². The molecule has 0 heterocycles. The molecule has 0 fully saturated rings. The van der Waals surface area contributed by atoms with Gasteiger partial charge in [-0.1, -0.05) is 30.3 Å². The molecular formula is C12H21NO5SSi. The minimum atomic E-state index is -3.38. The first-order valence-corrected chi connectivity index (χ1v) is 9.72. The van der Waals surface area contributed by atoms with Crippen LogP contribution < -0.4 is 4.72 Å². The van der Waals surface area contributed by atoms with Crippen molar-refractivity contribution in [3.05, 3.63) is 35.9 Å². The lowest BCUT2D eigenvalue weighted by molar-refractivity contribution is 0.124. The molecule has 0 aromatic heterocycles. The summed E-state index contributed by atoms with van der Waals surface area (Å²) < 4.78 is 42.1. The Morgan fingerprint density at radius 2 is 1.60 bits per heavy atom. The molecule has 6 nitrogen and oxygen atoms in total. The summed E-state index contributed by atoms with van der Waals surface area (Å²) in [5.74, 6) is -0.0463. The van der Waals surface area contributed by atoms with Crippen molar-refractivity contribution in [3.63, 3.8) is 0 Å². The maximum Gasteiger partial charge on any atom is 0.501 e. The maximum absolute atomic E-state index is 11.9. The van der Waals surface area contributed by atoms with Gasteiger partial charge in [0.15, 0.2) is 0 Å². The summed E-state index contributed by atoms with van der Waals surface area (Å²) in [5, 5.41) is 0. The van der Waals surface area contributed by atoms with Crippen molar-refractivity contribution in [2.75, 3.05) is 27.9 Å². The van der Waals surface area contributed by atoms with Crippen LogP contribution in [0.1, 0.15) is 5.56 Å². The Bertz CT molecular complexity index is 482. The van der Waals surface area contributed by atoms with Gasteiger partial charge in [-0.25, -0.2) is 13.1 Å². The third kappa shape index (κ3) is 5.31. The minimum Gasteiger partial charge on any atom is -0.377 e. The zero-order valence-corrected chi connectivity index (χ0v) is 13.8. The highest BCUT2D eigenvalue weighted by Gasteiger charge is 2.37. The number of nitrogens with one attached hydrogen (secondary N) is 1. The molecule has 8 heteroatoms. The topological polar surface area (TPSA) is 73.9 Å². The average molecular weight is 319 g/mol. The highest BCUT2D eigenvalue weighted by atomic mass is 32.2. The van der Waals surface area contributed by atoms with Gasteiger partial charge in [-0.15, -0.1) is 0 Å². The number of benzene rings is 1. The molecular weight excluding hydrogens is 298 g/mol. The quantitative estimate of drug-likeness (QED) is 0.687. The molecule has 114 valence electrons. The van der Waals surface area contributed by atoms with E-state index in [0.29, 0.717) is 6.04 Å². The van der Waals surface area contributed by atoms with Crippen LogP contribution in [-0.4, -0.2) is 45.1 Å². The summed E-state index contributed by atoms with van der Waals surface area (Å²) in [5.41, 5.74) is 0.744. The second-order valence-electron chi connectivity index (χ2n) is 4.18. The van der Waals surface area contributed by atoms with Crippen molar-refractivity contribution >= 4 is 18.8 Å². The van der Waals surface area contributed by atoms with Crippen molar-refractivity contribution < 1.29 is 21.7 Å². The van der Waals surface area contributed by atoms with Crippen molar-refractivity contribution in [2.45, 2.75) is 11.8 Å². The monoisotopic (exact) mass is 319 g/mol. The van der Waals surface area contributed by atoms with E-state index >= 15 is 0 Å². The lowest BCUT2D eigenvalue weighted by atomic mass is 10.2. The minimum absolute atomic E-state index is 0.0463. The van der Waals surface area contributed by atoms with E-state index in [1.54, 1.807) is 12.1 Å². The van der Waals surface area contributed by atoms with Gasteiger partial charge in [0.05, 0.1) is 5.75 Å². The zero-order chi connectivity index (χ0) is 15.1. The van der Waals surface area contributed by atoms with Gasteiger partial charge in [0.25, 0.3) is 0 Å². The molecule has 1 rings (SSSR count). The Balaban J connectivity index is 2.52. The zero-order valence-electron chi connectivity index (χ0n) is 12.0. The Morgan fingerprint density at radius 1 is 1.05 bits per heavy atom. The van der Waals surface area contributed by atoms with Crippen molar-refractivity contribution in [2.24, 2.45) is 0 Å². The predicted octanol–water partition coefficient (Wildman–Crippen LogP) is 0.984. The van der Waals surface area contributed by atoms with E-state index in [4.69, 9.17) is 13.3 Å². The first-order chi connectivity index (χ1) is 9.47. The third-order valence-corrected chi connectivity index (χ3v) is 6.97. The largest absolute Gasteiger partial charge is 0.501 e. The second kappa shape index (κ2) is 7.86. The lowest BCUT2D eigenvalue weighted by Gasteiger charge is -2.24. The van der Waals surface area contributed by atoms with Gasteiger partial charge < -0.3 is 13.3 Å². The third-order valence-electron chi connectivity index (χ3n) is 2.89. The molecule has 0 aliphatic carbocycles. The molecule has 1 N–H and O–H groups in total. The van der Waals surface area contributed by atoms with E-state index in [2.05, 4.69) is 4.72 Å². The van der Waals surface area contributed by atoms with Crippen LogP contribution in [0.3, 0.4) is 0 Å². The van der Waals surface area contributed by atoms with Crippen LogP contribution >= 0.6 is 0 Å². The number of sulfonamides is 1. The van der Waals surface area contributed by atoms with Gasteiger partial charge in [0.2, 0.25) is 10.0 Å². The van der Waals surface area contributed by atoms with Crippen LogP contribution in [0.4, 0.5) is 0 Å². The molecule has 1 aromatic rings. The molecule has 0 bridgehead atoms. The molecule has 0 aliphatic rings. The Labute approximate surface area is 121 Å². The highest BCUT2D eigenvalue weighted by molar-refractivity contribution is 7.88. The van der Waals surface area contributed by atoms with E-state index < -0.39 is 18.8 Å². The molecule has 0 unspecified atom stereocenters. The lowest BCUT2D eigenvalue weighted by Crippen LogP contribution is -2.45. The maximum atomic E-state index is 11.9. The van der Waals surface area contributed by atoms with Gasteiger partial charge in [-0.05, 0) is 5.56 Å². The molecule has 0 saturated heterocycles. The van der Waals surface area contributed by atoms with Crippen LogP contribution in [0.25, 0.3) is 0 Å². The van der Waals surface area contributed by atoms with E-state index in [9.17, 15) is 8.42 Å². The first kappa shape index (κ1) is 17.3. The second-order valence-corrected chi connectivity index (χ2v) is 9.08. The van der Waals surface area contributed by atoms with Crippen molar-refractivity contribution in [3.8, 4) is 0 Å². The van der Waals surface area contributed by atoms with Crippen LogP contribution in [0.15, 0.2) is 30.3 Å². The van der Waals surface area contributed by atoms with Crippen molar-refractivity contribution in [1.29, 1.82) is 0 Å². The summed E-state index contributed by atoms with van der Waals surface area (Å²) in [4.78, 5) is 0. The summed E-state index contributed by atoms with van der Waals surface area (Å²) >= 11 is 0. The van der Waals surface area contributed by atoms with E-state index in [1.807, 2.05) is 18.2 Å². The fraction of sp³-hybridized carbons (Fsp3) is 0.500. The van der Waals surface area contributed by atoms with Crippen molar-refractivity contribution in [1.82, 2.24) is 4.72 Å². The van der Waals surface area contributed by atoms with Crippen LogP contribution in [0, 0.1) is 0 Å². The molecule has 0 saturated carbocycles. The van der Waals surface area contributed by atoms with Gasteiger partial charge in [-0.2, -0.15) is 0 Å². The van der Waals surface area contributed by atoms with Gasteiger partial charge in [0.1, 0.15) is 0 Å². The highest BCUT2D eigenvalue weighted by Crippen LogP contribution is 2.12. The molecule has 0 amide bonds. The molecule has 1 aromatic carbocycles. The predicted molar refractivity (Wildman–Crippen MR) is 78.7 cm³/mol. The number of rotatable bonds is 9. The molecule has 0 spiro atoms. The van der Waals surface area contributed by atoms with Crippen LogP contribution in [0.5, 0.6) is 0 Å². The van der Waals surface area contributed by atoms with Gasteiger partial charge in [0, 0.05) is 33.9 Å². The fourth-order valence-electron chi connectivity index (χ4n) is 1.76. The normalized spacial score (nSPS) is 12.6. The molecule has 0 atom stereocenters. The number of hydrogen-bond acceptors (Lipinski definition) is 5. The molecule has 0 radical (unpaired) electrons. The first-order valence-electron chi connectivity index (χ1n) is 6.13. The van der Waals surface area contributed by atoms with Crippen LogP contribution in [0.2, 0.25) is 6.04 Å². The number of hydrogen-bond donors (Lipinski definition) is 1. The van der Waals surface area contributed by atoms with Gasteiger partial charge in [-0.3, -0.25) is 0 Å². The smallest absolute Gasteiger partial charge is 0.377 e. The summed E-state index contributed by atoms with van der Waals surface area (Å²) in [6, 6.07) is 9.40. The average Bonchev–Trinajstić information content (AvgIpc) is 2.45. The van der Waals surface area contributed by atoms with E-state index in [1.165, 1.54) is 21.3 Å². The Hall–Kier alpha value is -0.773. The standard InChI is InChI=1S/C12H21NO5SSi/c1-16-20(17-2,18-3)10-9-13-19(14,15)11-12-7-5-4-6-8-12/h4-8,13H,9-11H2,1-3H3. The SMILES string of the molecule is CO[Si](CCNS(=O)(=O)Cc1ccccc1)(OC)OC.